The van der Waals surface area contributed by atoms with Crippen molar-refractivity contribution in [1.29, 1.82) is 0 Å². The molecule has 1 heterocycles. The molecule has 0 aliphatic heterocycles. The van der Waals surface area contributed by atoms with E-state index >= 15 is 0 Å². The van der Waals surface area contributed by atoms with Crippen molar-refractivity contribution in [1.82, 2.24) is 14.9 Å². The van der Waals surface area contributed by atoms with E-state index in [1.54, 1.807) is 13.0 Å². The number of nitrogens with zero attached hydrogens (tertiary/aromatic N) is 2. The second kappa shape index (κ2) is 6.99. The van der Waals surface area contributed by atoms with Crippen LogP contribution >= 0.6 is 0 Å². The first-order chi connectivity index (χ1) is 10.1. The molecule has 0 saturated heterocycles. The van der Waals surface area contributed by atoms with Gasteiger partial charge in [0.25, 0.3) is 5.56 Å². The van der Waals surface area contributed by atoms with Crippen molar-refractivity contribution in [2.24, 2.45) is 0 Å². The van der Waals surface area contributed by atoms with Gasteiger partial charge in [0.05, 0.1) is 30.5 Å². The summed E-state index contributed by atoms with van der Waals surface area (Å²) in [6, 6.07) is 7.22. The van der Waals surface area contributed by atoms with E-state index in [1.807, 2.05) is 30.1 Å². The van der Waals surface area contributed by atoms with Crippen molar-refractivity contribution in [3.63, 3.8) is 0 Å². The van der Waals surface area contributed by atoms with E-state index in [0.717, 1.165) is 0 Å². The molecule has 0 fully saturated rings. The highest BCUT2D eigenvalue weighted by molar-refractivity contribution is 5.77. The molecule has 6 heteroatoms. The molecule has 2 rings (SSSR count). The predicted octanol–water partition coefficient (Wildman–Crippen LogP) is 1.31. The maximum Gasteiger partial charge on any atom is 0.307 e. The number of nitrogens with one attached hydrogen (secondary N) is 1. The molecule has 0 unspecified atom stereocenters. The van der Waals surface area contributed by atoms with Crippen LogP contribution < -0.4 is 5.56 Å². The highest BCUT2D eigenvalue weighted by Gasteiger charge is 2.08. The Balaban J connectivity index is 2.02. The summed E-state index contributed by atoms with van der Waals surface area (Å²) >= 11 is 0. The molecular weight excluding hydrogens is 270 g/mol. The Morgan fingerprint density at radius 3 is 2.90 bits per heavy atom. The number of benzene rings is 1. The van der Waals surface area contributed by atoms with E-state index in [-0.39, 0.29) is 11.5 Å². The third kappa shape index (κ3) is 4.13. The lowest BCUT2D eigenvalue weighted by molar-refractivity contribution is -0.143. The van der Waals surface area contributed by atoms with Crippen LogP contribution in [0.3, 0.4) is 0 Å². The monoisotopic (exact) mass is 289 g/mol. The van der Waals surface area contributed by atoms with E-state index in [9.17, 15) is 9.59 Å². The second-order valence-electron chi connectivity index (χ2n) is 4.82. The summed E-state index contributed by atoms with van der Waals surface area (Å²) < 4.78 is 4.88. The van der Waals surface area contributed by atoms with Crippen LogP contribution in [-0.2, 0) is 16.1 Å². The zero-order valence-corrected chi connectivity index (χ0v) is 12.3. The van der Waals surface area contributed by atoms with Crippen molar-refractivity contribution in [3.8, 4) is 0 Å². The molecule has 6 nitrogen and oxygen atoms in total. The summed E-state index contributed by atoms with van der Waals surface area (Å²) in [4.78, 5) is 32.4. The molecule has 1 aromatic carbocycles. The first-order valence-electron chi connectivity index (χ1n) is 6.92. The normalized spacial score (nSPS) is 11.0. The quantitative estimate of drug-likeness (QED) is 0.811. The standard InChI is InChI=1S/C15H19N3O3/c1-3-21-14(19)8-9-18(2)10-13-16-12-7-5-4-6-11(12)15(20)17-13/h4-7H,3,8-10H2,1-2H3,(H,16,17,20). The van der Waals surface area contributed by atoms with Crippen LogP contribution in [-0.4, -0.2) is 41.0 Å². The first kappa shape index (κ1) is 15.2. The molecule has 112 valence electrons. The molecule has 0 spiro atoms. The van der Waals surface area contributed by atoms with Crippen LogP contribution in [0.5, 0.6) is 0 Å². The topological polar surface area (TPSA) is 75.3 Å². The highest BCUT2D eigenvalue weighted by atomic mass is 16.5. The predicted molar refractivity (Wildman–Crippen MR) is 79.9 cm³/mol. The van der Waals surface area contributed by atoms with Crippen LogP contribution in [0.4, 0.5) is 0 Å². The number of aromatic nitrogens is 2. The average molecular weight is 289 g/mol. The average Bonchev–Trinajstić information content (AvgIpc) is 2.45. The van der Waals surface area contributed by atoms with Crippen molar-refractivity contribution < 1.29 is 9.53 Å². The summed E-state index contributed by atoms with van der Waals surface area (Å²) in [7, 11) is 1.87. The summed E-state index contributed by atoms with van der Waals surface area (Å²) in [6.45, 7) is 3.20. The Labute approximate surface area is 122 Å². The van der Waals surface area contributed by atoms with Gasteiger partial charge in [0, 0.05) is 6.54 Å². The number of hydrogen-bond acceptors (Lipinski definition) is 5. The molecule has 1 aromatic heterocycles. The summed E-state index contributed by atoms with van der Waals surface area (Å²) in [6.07, 6.45) is 0.322. The number of carbonyl (C=O) groups excluding carboxylic acids is 1. The molecule has 0 amide bonds. The maximum absolute atomic E-state index is 11.9. The molecule has 0 saturated carbocycles. The fraction of sp³-hybridized carbons (Fsp3) is 0.400. The van der Waals surface area contributed by atoms with Crippen LogP contribution in [0.1, 0.15) is 19.2 Å². The number of ether oxygens (including phenoxy) is 1. The summed E-state index contributed by atoms with van der Waals surface area (Å²) in [5.74, 6) is 0.370. The number of rotatable bonds is 6. The van der Waals surface area contributed by atoms with Gasteiger partial charge >= 0.3 is 5.97 Å². The Kier molecular flexibility index (Phi) is 5.05. The van der Waals surface area contributed by atoms with Crippen molar-refractivity contribution >= 4 is 16.9 Å². The van der Waals surface area contributed by atoms with Gasteiger partial charge in [-0.2, -0.15) is 0 Å². The van der Waals surface area contributed by atoms with Gasteiger partial charge in [-0.1, -0.05) is 12.1 Å². The van der Waals surface area contributed by atoms with E-state index in [0.29, 0.717) is 42.8 Å². The van der Waals surface area contributed by atoms with Gasteiger partial charge in [0.15, 0.2) is 0 Å². The van der Waals surface area contributed by atoms with Gasteiger partial charge in [-0.15, -0.1) is 0 Å². The van der Waals surface area contributed by atoms with E-state index in [1.165, 1.54) is 0 Å². The van der Waals surface area contributed by atoms with Crippen LogP contribution in [0.25, 0.3) is 10.9 Å². The minimum absolute atomic E-state index is 0.144. The smallest absolute Gasteiger partial charge is 0.307 e. The molecule has 0 atom stereocenters. The van der Waals surface area contributed by atoms with Crippen molar-refractivity contribution in [3.05, 3.63) is 40.4 Å². The molecule has 0 aliphatic carbocycles. The van der Waals surface area contributed by atoms with Crippen molar-refractivity contribution in [2.45, 2.75) is 19.9 Å². The number of esters is 1. The zero-order valence-electron chi connectivity index (χ0n) is 12.3. The molecule has 0 bridgehead atoms. The van der Waals surface area contributed by atoms with Gasteiger partial charge < -0.3 is 9.72 Å². The Morgan fingerprint density at radius 1 is 1.38 bits per heavy atom. The van der Waals surface area contributed by atoms with Crippen molar-refractivity contribution in [2.75, 3.05) is 20.2 Å². The minimum Gasteiger partial charge on any atom is -0.466 e. The number of carbonyl (C=O) groups is 1. The van der Waals surface area contributed by atoms with E-state index in [4.69, 9.17) is 4.74 Å². The number of H-pyrrole nitrogens is 1. The number of hydrogen-bond donors (Lipinski definition) is 1. The Hall–Kier alpha value is -2.21. The van der Waals surface area contributed by atoms with Gasteiger partial charge in [0.2, 0.25) is 0 Å². The van der Waals surface area contributed by atoms with Gasteiger partial charge in [-0.3, -0.25) is 14.5 Å². The Morgan fingerprint density at radius 2 is 2.14 bits per heavy atom. The minimum atomic E-state index is -0.218. The second-order valence-corrected chi connectivity index (χ2v) is 4.82. The molecular formula is C15H19N3O3. The van der Waals surface area contributed by atoms with Gasteiger partial charge in [-0.25, -0.2) is 4.98 Å². The summed E-state index contributed by atoms with van der Waals surface area (Å²) in [5, 5.41) is 0.579. The molecule has 1 N–H and O–H groups in total. The van der Waals surface area contributed by atoms with Gasteiger partial charge in [0.1, 0.15) is 5.82 Å². The lowest BCUT2D eigenvalue weighted by Crippen LogP contribution is -2.25. The van der Waals surface area contributed by atoms with Crippen LogP contribution in [0.2, 0.25) is 0 Å². The lowest BCUT2D eigenvalue weighted by atomic mass is 10.2. The molecule has 2 aromatic rings. The highest BCUT2D eigenvalue weighted by Crippen LogP contribution is 2.06. The SMILES string of the molecule is CCOC(=O)CCN(C)Cc1nc2ccccc2c(=O)[nH]1. The van der Waals surface area contributed by atoms with Crippen LogP contribution in [0, 0.1) is 0 Å². The molecule has 21 heavy (non-hydrogen) atoms. The first-order valence-corrected chi connectivity index (χ1v) is 6.92. The third-order valence-electron chi connectivity index (χ3n) is 3.08. The third-order valence-corrected chi connectivity index (χ3v) is 3.08. The molecule has 0 aliphatic rings. The zero-order chi connectivity index (χ0) is 15.2. The summed E-state index contributed by atoms with van der Waals surface area (Å²) in [5.41, 5.74) is 0.532. The number of para-hydroxylation sites is 1. The lowest BCUT2D eigenvalue weighted by Gasteiger charge is -2.15. The fourth-order valence-corrected chi connectivity index (χ4v) is 2.06. The van der Waals surface area contributed by atoms with E-state index in [2.05, 4.69) is 9.97 Å². The van der Waals surface area contributed by atoms with Gasteiger partial charge in [-0.05, 0) is 26.1 Å². The van der Waals surface area contributed by atoms with Crippen LogP contribution in [0.15, 0.2) is 29.1 Å². The largest absolute Gasteiger partial charge is 0.466 e. The fourth-order valence-electron chi connectivity index (χ4n) is 2.06. The number of fused-ring (bicyclic) bond motifs is 1. The molecule has 0 radical (unpaired) electrons. The Bertz CT molecular complexity index is 681. The van der Waals surface area contributed by atoms with E-state index < -0.39 is 0 Å². The maximum atomic E-state index is 11.9. The number of aromatic amines is 1.